The molecule has 2 aromatic carbocycles. The lowest BCUT2D eigenvalue weighted by Crippen LogP contribution is -3.08. The van der Waals surface area contributed by atoms with Gasteiger partial charge in [-0.3, -0.25) is 4.79 Å². The van der Waals surface area contributed by atoms with Crippen molar-refractivity contribution in [1.82, 2.24) is 0 Å². The van der Waals surface area contributed by atoms with Crippen LogP contribution in [0.2, 0.25) is 0 Å². The van der Waals surface area contributed by atoms with Gasteiger partial charge in [-0.25, -0.2) is 9.59 Å². The van der Waals surface area contributed by atoms with Gasteiger partial charge >= 0.3 is 11.9 Å². The summed E-state index contributed by atoms with van der Waals surface area (Å²) >= 11 is 0. The third kappa shape index (κ3) is 5.93. The normalized spacial score (nSPS) is 11.4. The van der Waals surface area contributed by atoms with Crippen LogP contribution in [0.25, 0.3) is 0 Å². The average Bonchev–Trinajstić information content (AvgIpc) is 2.66. The van der Waals surface area contributed by atoms with Crippen LogP contribution in [0.5, 0.6) is 0 Å². The van der Waals surface area contributed by atoms with E-state index in [1.807, 2.05) is 37.4 Å². The molecule has 1 atom stereocenters. The number of hydrogen-bond acceptors (Lipinski definition) is 5. The quantitative estimate of drug-likeness (QED) is 0.707. The summed E-state index contributed by atoms with van der Waals surface area (Å²) in [5.74, 6) is -1.45. The highest BCUT2D eigenvalue weighted by Gasteiger charge is 2.16. The van der Waals surface area contributed by atoms with E-state index in [1.165, 1.54) is 32.4 Å². The summed E-state index contributed by atoms with van der Waals surface area (Å²) in [4.78, 5) is 37.0. The fourth-order valence-electron chi connectivity index (χ4n) is 2.66. The molecule has 7 nitrogen and oxygen atoms in total. The zero-order valence-electron chi connectivity index (χ0n) is 15.6. The number of carbonyl (C=O) groups is 3. The highest BCUT2D eigenvalue weighted by Crippen LogP contribution is 2.17. The summed E-state index contributed by atoms with van der Waals surface area (Å²) in [6.07, 6.45) is 0. The number of ether oxygens (including phenoxy) is 2. The number of nitrogens with one attached hydrogen (secondary N) is 2. The molecule has 0 aliphatic carbocycles. The Bertz CT molecular complexity index is 786. The van der Waals surface area contributed by atoms with E-state index in [1.54, 1.807) is 0 Å². The van der Waals surface area contributed by atoms with Crippen LogP contribution in [0.4, 0.5) is 5.69 Å². The van der Waals surface area contributed by atoms with Crippen molar-refractivity contribution in [3.05, 3.63) is 65.2 Å². The summed E-state index contributed by atoms with van der Waals surface area (Å²) in [5.41, 5.74) is 1.76. The lowest BCUT2D eigenvalue weighted by molar-refractivity contribution is -0.885. The van der Waals surface area contributed by atoms with Crippen molar-refractivity contribution in [3.63, 3.8) is 0 Å². The van der Waals surface area contributed by atoms with Gasteiger partial charge in [0, 0.05) is 11.3 Å². The van der Waals surface area contributed by atoms with E-state index >= 15 is 0 Å². The number of benzene rings is 2. The van der Waals surface area contributed by atoms with Crippen molar-refractivity contribution in [3.8, 4) is 0 Å². The molecule has 0 fully saturated rings. The summed E-state index contributed by atoms with van der Waals surface area (Å²) in [6, 6.07) is 14.1. The van der Waals surface area contributed by atoms with Gasteiger partial charge in [-0.15, -0.1) is 0 Å². The Kier molecular flexibility index (Phi) is 7.08. The third-order valence-corrected chi connectivity index (χ3v) is 3.87. The zero-order valence-corrected chi connectivity index (χ0v) is 15.6. The van der Waals surface area contributed by atoms with Crippen molar-refractivity contribution in [1.29, 1.82) is 0 Å². The van der Waals surface area contributed by atoms with E-state index in [0.29, 0.717) is 12.2 Å². The summed E-state index contributed by atoms with van der Waals surface area (Å²) in [5, 5.41) is 2.72. The average molecular weight is 371 g/mol. The number of esters is 2. The minimum Gasteiger partial charge on any atom is -0.465 e. The molecule has 2 aromatic rings. The molecule has 1 amide bonds. The highest BCUT2D eigenvalue weighted by atomic mass is 16.5. The minimum absolute atomic E-state index is 0.153. The third-order valence-electron chi connectivity index (χ3n) is 3.87. The fraction of sp³-hybridized carbons (Fsp3) is 0.250. The monoisotopic (exact) mass is 371 g/mol. The van der Waals surface area contributed by atoms with Gasteiger partial charge in [-0.2, -0.15) is 0 Å². The van der Waals surface area contributed by atoms with Crippen LogP contribution in [0.1, 0.15) is 26.3 Å². The van der Waals surface area contributed by atoms with Gasteiger partial charge in [-0.1, -0.05) is 30.3 Å². The number of amides is 1. The van der Waals surface area contributed by atoms with Gasteiger partial charge in [0.15, 0.2) is 6.54 Å². The molecule has 0 aromatic heterocycles. The Balaban J connectivity index is 2.09. The number of rotatable bonds is 7. The van der Waals surface area contributed by atoms with Gasteiger partial charge in [0.05, 0.1) is 32.4 Å². The van der Waals surface area contributed by atoms with Gasteiger partial charge in [0.2, 0.25) is 0 Å². The lowest BCUT2D eigenvalue weighted by Gasteiger charge is -2.14. The first-order chi connectivity index (χ1) is 12.9. The van der Waals surface area contributed by atoms with Crippen molar-refractivity contribution in [2.24, 2.45) is 0 Å². The standard InChI is InChI=1S/C20H22N2O5/c1-22(12-14-7-5-4-6-8-14)13-18(23)21-17-10-15(19(24)26-2)9-16(11-17)20(25)27-3/h4-11H,12-13H2,1-3H3,(H,21,23)/p+1. The minimum atomic E-state index is -0.608. The Hall–Kier alpha value is -3.19. The molecule has 0 heterocycles. The topological polar surface area (TPSA) is 86.1 Å². The van der Waals surface area contributed by atoms with Crippen molar-refractivity contribution in [2.75, 3.05) is 33.1 Å². The predicted octanol–water partition coefficient (Wildman–Crippen LogP) is 0.913. The fourth-order valence-corrected chi connectivity index (χ4v) is 2.66. The Labute approximate surface area is 157 Å². The lowest BCUT2D eigenvalue weighted by atomic mass is 10.1. The molecule has 0 radical (unpaired) electrons. The molecule has 2 rings (SSSR count). The molecular formula is C20H23N2O5+. The number of hydrogen-bond donors (Lipinski definition) is 2. The second-order valence-corrected chi connectivity index (χ2v) is 6.13. The summed E-state index contributed by atoms with van der Waals surface area (Å²) < 4.78 is 9.38. The Morgan fingerprint density at radius 2 is 1.48 bits per heavy atom. The number of quaternary nitrogens is 1. The SMILES string of the molecule is COC(=O)c1cc(NC(=O)C[NH+](C)Cc2ccccc2)cc(C(=O)OC)c1. The van der Waals surface area contributed by atoms with E-state index in [-0.39, 0.29) is 23.6 Å². The molecule has 0 bridgehead atoms. The van der Waals surface area contributed by atoms with Crippen LogP contribution in [-0.2, 0) is 20.8 Å². The van der Waals surface area contributed by atoms with E-state index in [2.05, 4.69) is 14.8 Å². The Morgan fingerprint density at radius 3 is 2.00 bits per heavy atom. The second-order valence-electron chi connectivity index (χ2n) is 6.13. The molecule has 0 saturated heterocycles. The summed E-state index contributed by atoms with van der Waals surface area (Å²) in [6.45, 7) is 0.925. The van der Waals surface area contributed by atoms with E-state index in [9.17, 15) is 14.4 Å². The number of methoxy groups -OCH3 is 2. The molecule has 7 heteroatoms. The van der Waals surface area contributed by atoms with Crippen LogP contribution < -0.4 is 10.2 Å². The van der Waals surface area contributed by atoms with Crippen molar-refractivity contribution in [2.45, 2.75) is 6.54 Å². The maximum Gasteiger partial charge on any atom is 0.337 e. The molecule has 142 valence electrons. The zero-order chi connectivity index (χ0) is 19.8. The number of likely N-dealkylation sites (N-methyl/N-ethyl adjacent to an activating group) is 1. The first-order valence-electron chi connectivity index (χ1n) is 8.39. The van der Waals surface area contributed by atoms with Crippen LogP contribution in [0.15, 0.2) is 48.5 Å². The summed E-state index contributed by atoms with van der Waals surface area (Å²) in [7, 11) is 4.40. The molecule has 1 unspecified atom stereocenters. The van der Waals surface area contributed by atoms with Gasteiger partial charge < -0.3 is 19.7 Å². The molecule has 0 aliphatic heterocycles. The maximum absolute atomic E-state index is 12.4. The molecule has 27 heavy (non-hydrogen) atoms. The van der Waals surface area contributed by atoms with E-state index in [4.69, 9.17) is 0 Å². The largest absolute Gasteiger partial charge is 0.465 e. The smallest absolute Gasteiger partial charge is 0.337 e. The maximum atomic E-state index is 12.4. The van der Waals surface area contributed by atoms with Crippen LogP contribution in [0.3, 0.4) is 0 Å². The molecule has 0 aliphatic rings. The molecule has 0 saturated carbocycles. The number of anilines is 1. The van der Waals surface area contributed by atoms with E-state index < -0.39 is 11.9 Å². The Morgan fingerprint density at radius 1 is 0.926 bits per heavy atom. The highest BCUT2D eigenvalue weighted by molar-refractivity contribution is 5.99. The van der Waals surface area contributed by atoms with Crippen molar-refractivity contribution < 1.29 is 28.8 Å². The molecule has 2 N–H and O–H groups in total. The van der Waals surface area contributed by atoms with Crippen LogP contribution >= 0.6 is 0 Å². The predicted molar refractivity (Wildman–Crippen MR) is 99.7 cm³/mol. The molecule has 0 spiro atoms. The first kappa shape index (κ1) is 20.1. The van der Waals surface area contributed by atoms with Gasteiger partial charge in [0.1, 0.15) is 6.54 Å². The number of carbonyl (C=O) groups excluding carboxylic acids is 3. The van der Waals surface area contributed by atoms with Gasteiger partial charge in [0.25, 0.3) is 5.91 Å². The second kappa shape index (κ2) is 9.49. The van der Waals surface area contributed by atoms with Crippen molar-refractivity contribution >= 4 is 23.5 Å². The molecular weight excluding hydrogens is 348 g/mol. The van der Waals surface area contributed by atoms with Gasteiger partial charge in [-0.05, 0) is 18.2 Å². The first-order valence-corrected chi connectivity index (χ1v) is 8.39. The van der Waals surface area contributed by atoms with E-state index in [0.717, 1.165) is 10.5 Å². The van der Waals surface area contributed by atoms with Crippen LogP contribution in [0, 0.1) is 0 Å². The van der Waals surface area contributed by atoms with Crippen LogP contribution in [-0.4, -0.2) is 45.7 Å².